The molecular formula is C15H19N3O2S2. The molecule has 0 aliphatic heterocycles. The molecule has 0 spiro atoms. The summed E-state index contributed by atoms with van der Waals surface area (Å²) in [5.74, 6) is 0.188. The van der Waals surface area contributed by atoms with Gasteiger partial charge >= 0.3 is 0 Å². The SMILES string of the molecule is C=CCn1c(SCC(=O)N[C@H](C)CC)nc2ccsc2c1=O. The number of thiophene rings is 1. The summed E-state index contributed by atoms with van der Waals surface area (Å²) in [4.78, 5) is 28.8. The molecule has 0 radical (unpaired) electrons. The lowest BCUT2D eigenvalue weighted by molar-refractivity contribution is -0.119. The van der Waals surface area contributed by atoms with E-state index < -0.39 is 0 Å². The maximum atomic E-state index is 12.4. The van der Waals surface area contributed by atoms with Crippen LogP contribution in [0.25, 0.3) is 10.2 Å². The Morgan fingerprint density at radius 3 is 3.09 bits per heavy atom. The van der Waals surface area contributed by atoms with Crippen LogP contribution in [0.2, 0.25) is 0 Å². The minimum absolute atomic E-state index is 0.0517. The number of carbonyl (C=O) groups excluding carboxylic acids is 1. The van der Waals surface area contributed by atoms with Gasteiger partial charge < -0.3 is 5.32 Å². The van der Waals surface area contributed by atoms with Crippen LogP contribution < -0.4 is 10.9 Å². The Kier molecular flexibility index (Phi) is 5.79. The third-order valence-electron chi connectivity index (χ3n) is 3.19. The van der Waals surface area contributed by atoms with Gasteiger partial charge in [0.2, 0.25) is 5.91 Å². The van der Waals surface area contributed by atoms with E-state index in [0.717, 1.165) is 6.42 Å². The van der Waals surface area contributed by atoms with Crippen LogP contribution in [-0.2, 0) is 11.3 Å². The number of amides is 1. The summed E-state index contributed by atoms with van der Waals surface area (Å²) in [7, 11) is 0. The van der Waals surface area contributed by atoms with Crippen molar-refractivity contribution < 1.29 is 4.79 Å². The zero-order valence-electron chi connectivity index (χ0n) is 12.7. The molecule has 0 saturated carbocycles. The van der Waals surface area contributed by atoms with E-state index in [1.165, 1.54) is 23.1 Å². The van der Waals surface area contributed by atoms with Gasteiger partial charge in [0.15, 0.2) is 5.16 Å². The molecule has 0 aliphatic rings. The zero-order valence-corrected chi connectivity index (χ0v) is 14.3. The Bertz CT molecular complexity index is 736. The first-order valence-electron chi connectivity index (χ1n) is 7.07. The highest BCUT2D eigenvalue weighted by Crippen LogP contribution is 2.20. The predicted octanol–water partition coefficient (Wildman–Crippen LogP) is 2.65. The van der Waals surface area contributed by atoms with E-state index in [2.05, 4.69) is 16.9 Å². The number of aromatic nitrogens is 2. The van der Waals surface area contributed by atoms with E-state index in [4.69, 9.17) is 0 Å². The highest BCUT2D eigenvalue weighted by atomic mass is 32.2. The van der Waals surface area contributed by atoms with Crippen molar-refractivity contribution >= 4 is 39.2 Å². The lowest BCUT2D eigenvalue weighted by atomic mass is 10.3. The smallest absolute Gasteiger partial charge is 0.272 e. The molecular weight excluding hydrogens is 318 g/mol. The molecule has 1 amide bonds. The van der Waals surface area contributed by atoms with Crippen molar-refractivity contribution in [2.45, 2.75) is 38.0 Å². The number of fused-ring (bicyclic) bond motifs is 1. The summed E-state index contributed by atoms with van der Waals surface area (Å²) >= 11 is 2.66. The second-order valence-corrected chi connectivity index (χ2v) is 6.76. The van der Waals surface area contributed by atoms with Crippen LogP contribution in [-0.4, -0.2) is 27.3 Å². The molecule has 2 aromatic heterocycles. The lowest BCUT2D eigenvalue weighted by Gasteiger charge is -2.12. The van der Waals surface area contributed by atoms with Crippen LogP contribution >= 0.6 is 23.1 Å². The highest BCUT2D eigenvalue weighted by molar-refractivity contribution is 7.99. The first kappa shape index (κ1) is 16.8. The van der Waals surface area contributed by atoms with Gasteiger partial charge in [-0.25, -0.2) is 4.98 Å². The van der Waals surface area contributed by atoms with Gasteiger partial charge in [0.1, 0.15) is 4.70 Å². The Morgan fingerprint density at radius 1 is 1.64 bits per heavy atom. The molecule has 118 valence electrons. The van der Waals surface area contributed by atoms with Crippen LogP contribution in [0.15, 0.2) is 34.1 Å². The molecule has 7 heteroatoms. The number of allylic oxidation sites excluding steroid dienone is 1. The summed E-state index contributed by atoms with van der Waals surface area (Å²) in [6.45, 7) is 8.05. The molecule has 0 saturated heterocycles. The third-order valence-corrected chi connectivity index (χ3v) is 5.06. The van der Waals surface area contributed by atoms with Crippen molar-refractivity contribution in [3.63, 3.8) is 0 Å². The second kappa shape index (κ2) is 7.60. The summed E-state index contributed by atoms with van der Waals surface area (Å²) in [6.07, 6.45) is 2.54. The molecule has 5 nitrogen and oxygen atoms in total. The first-order valence-corrected chi connectivity index (χ1v) is 8.94. The predicted molar refractivity (Wildman–Crippen MR) is 92.7 cm³/mol. The van der Waals surface area contributed by atoms with Gasteiger partial charge in [0, 0.05) is 12.6 Å². The average Bonchev–Trinajstić information content (AvgIpc) is 2.97. The Morgan fingerprint density at radius 2 is 2.41 bits per heavy atom. The van der Waals surface area contributed by atoms with Crippen molar-refractivity contribution in [1.29, 1.82) is 0 Å². The molecule has 2 rings (SSSR count). The largest absolute Gasteiger partial charge is 0.353 e. The molecule has 22 heavy (non-hydrogen) atoms. The second-order valence-electron chi connectivity index (χ2n) is 4.90. The van der Waals surface area contributed by atoms with Crippen molar-refractivity contribution in [3.05, 3.63) is 34.5 Å². The van der Waals surface area contributed by atoms with Crippen molar-refractivity contribution in [3.8, 4) is 0 Å². The van der Waals surface area contributed by atoms with Gasteiger partial charge in [-0.3, -0.25) is 14.2 Å². The quantitative estimate of drug-likeness (QED) is 0.479. The van der Waals surface area contributed by atoms with Crippen LogP contribution in [0.3, 0.4) is 0 Å². The first-order chi connectivity index (χ1) is 10.6. The molecule has 1 atom stereocenters. The van der Waals surface area contributed by atoms with Crippen LogP contribution in [0.4, 0.5) is 0 Å². The molecule has 0 bridgehead atoms. The van der Waals surface area contributed by atoms with Crippen molar-refractivity contribution in [1.82, 2.24) is 14.9 Å². The van der Waals surface area contributed by atoms with Gasteiger partial charge in [0.25, 0.3) is 5.56 Å². The van der Waals surface area contributed by atoms with E-state index in [9.17, 15) is 9.59 Å². The van der Waals surface area contributed by atoms with Crippen LogP contribution in [0, 0.1) is 0 Å². The summed E-state index contributed by atoms with van der Waals surface area (Å²) in [5, 5.41) is 5.30. The molecule has 2 heterocycles. The van der Waals surface area contributed by atoms with E-state index in [1.54, 1.807) is 10.6 Å². The molecule has 0 aliphatic carbocycles. The van der Waals surface area contributed by atoms with Crippen molar-refractivity contribution in [2.24, 2.45) is 0 Å². The van der Waals surface area contributed by atoms with Gasteiger partial charge in [-0.05, 0) is 24.8 Å². The summed E-state index contributed by atoms with van der Waals surface area (Å²) in [5.41, 5.74) is 0.602. The Balaban J connectivity index is 2.22. The molecule has 0 fully saturated rings. The number of hydrogen-bond donors (Lipinski definition) is 1. The zero-order chi connectivity index (χ0) is 16.1. The van der Waals surface area contributed by atoms with Gasteiger partial charge in [-0.15, -0.1) is 17.9 Å². The standard InChI is InChI=1S/C15H19N3O2S2/c1-4-7-18-14(20)13-11(6-8-21-13)17-15(18)22-9-12(19)16-10(3)5-2/h4,6,8,10H,1,5,7,9H2,2-3H3,(H,16,19)/t10-/m1/s1. The van der Waals surface area contributed by atoms with Gasteiger partial charge in [-0.2, -0.15) is 0 Å². The molecule has 0 aromatic carbocycles. The Hall–Kier alpha value is -1.60. The fourth-order valence-corrected chi connectivity index (χ4v) is 3.47. The highest BCUT2D eigenvalue weighted by Gasteiger charge is 2.14. The Labute approximate surface area is 137 Å². The van der Waals surface area contributed by atoms with Gasteiger partial charge in [-0.1, -0.05) is 24.8 Å². The van der Waals surface area contributed by atoms with E-state index in [-0.39, 0.29) is 23.3 Å². The molecule has 2 aromatic rings. The summed E-state index contributed by atoms with van der Waals surface area (Å²) in [6, 6.07) is 1.97. The topological polar surface area (TPSA) is 64.0 Å². The normalized spacial score (nSPS) is 12.3. The van der Waals surface area contributed by atoms with Crippen LogP contribution in [0.5, 0.6) is 0 Å². The summed E-state index contributed by atoms with van der Waals surface area (Å²) < 4.78 is 2.20. The van der Waals surface area contributed by atoms with E-state index in [1.807, 2.05) is 25.3 Å². The van der Waals surface area contributed by atoms with Crippen molar-refractivity contribution in [2.75, 3.05) is 5.75 Å². The maximum absolute atomic E-state index is 12.4. The third kappa shape index (κ3) is 3.78. The fraction of sp³-hybridized carbons (Fsp3) is 0.400. The molecule has 0 unspecified atom stereocenters. The fourth-order valence-electron chi connectivity index (χ4n) is 1.87. The monoisotopic (exact) mass is 337 g/mol. The minimum Gasteiger partial charge on any atom is -0.353 e. The number of nitrogens with zero attached hydrogens (tertiary/aromatic N) is 2. The minimum atomic E-state index is -0.0789. The van der Waals surface area contributed by atoms with E-state index in [0.29, 0.717) is 21.9 Å². The number of thioether (sulfide) groups is 1. The average molecular weight is 337 g/mol. The molecule has 1 N–H and O–H groups in total. The number of rotatable bonds is 7. The van der Waals surface area contributed by atoms with Gasteiger partial charge in [0.05, 0.1) is 11.3 Å². The lowest BCUT2D eigenvalue weighted by Crippen LogP contribution is -2.33. The van der Waals surface area contributed by atoms with Crippen LogP contribution in [0.1, 0.15) is 20.3 Å². The number of hydrogen-bond acceptors (Lipinski definition) is 5. The maximum Gasteiger partial charge on any atom is 0.272 e. The van der Waals surface area contributed by atoms with E-state index >= 15 is 0 Å². The number of nitrogens with one attached hydrogen (secondary N) is 1. The number of carbonyl (C=O) groups is 1.